The van der Waals surface area contributed by atoms with Crippen molar-refractivity contribution >= 4 is 23.3 Å². The molecule has 4 rings (SSSR count). The normalized spacial score (nSPS) is 21.3. The Morgan fingerprint density at radius 3 is 2.43 bits per heavy atom. The van der Waals surface area contributed by atoms with Crippen LogP contribution in [0, 0.1) is 5.41 Å². The number of nitrogens with two attached hydrogens (primary N) is 2. The van der Waals surface area contributed by atoms with Crippen LogP contribution < -0.4 is 16.8 Å². The average Bonchev–Trinajstić information content (AvgIpc) is 3.19. The maximum Gasteiger partial charge on any atom is 0.418 e. The molecule has 1 saturated carbocycles. The second-order valence-corrected chi connectivity index (χ2v) is 10.6. The number of alkyl halides is 3. The Balaban J connectivity index is 1.68. The Hall–Kier alpha value is -3.34. The largest absolute Gasteiger partial charge is 0.461 e. The zero-order valence-corrected chi connectivity index (χ0v) is 20.8. The number of carbonyl (C=O) groups excluding carboxylic acids is 3. The van der Waals surface area contributed by atoms with Gasteiger partial charge < -0.3 is 26.1 Å². The molecule has 0 unspecified atom stereocenters. The zero-order valence-electron chi connectivity index (χ0n) is 20.8. The van der Waals surface area contributed by atoms with Crippen LogP contribution in [0.5, 0.6) is 0 Å². The first-order chi connectivity index (χ1) is 17.3. The number of ether oxygens (including phenoxy) is 1. The summed E-state index contributed by atoms with van der Waals surface area (Å²) in [4.78, 5) is 36.4. The van der Waals surface area contributed by atoms with Crippen LogP contribution in [0.1, 0.15) is 77.9 Å². The number of nitrogens with zero attached hydrogens (tertiary/aromatic N) is 1. The van der Waals surface area contributed by atoms with E-state index in [0.717, 1.165) is 6.20 Å². The molecule has 0 radical (unpaired) electrons. The minimum Gasteiger partial charge on any atom is -0.461 e. The van der Waals surface area contributed by atoms with Crippen molar-refractivity contribution in [1.82, 2.24) is 4.57 Å². The number of ketones is 1. The van der Waals surface area contributed by atoms with E-state index in [9.17, 15) is 27.6 Å². The van der Waals surface area contributed by atoms with Crippen LogP contribution in [0.2, 0.25) is 0 Å². The molecule has 8 nitrogen and oxygen atoms in total. The van der Waals surface area contributed by atoms with Crippen LogP contribution in [0.25, 0.3) is 5.69 Å². The molecule has 5 N–H and O–H groups in total. The van der Waals surface area contributed by atoms with Crippen LogP contribution in [0.3, 0.4) is 0 Å². The Bertz CT molecular complexity index is 1230. The topological polar surface area (TPSA) is 129 Å². The Kier molecular flexibility index (Phi) is 7.11. The van der Waals surface area contributed by atoms with Gasteiger partial charge in [0.1, 0.15) is 6.10 Å². The molecule has 1 amide bonds. The van der Waals surface area contributed by atoms with Crippen molar-refractivity contribution in [2.75, 3.05) is 11.9 Å². The number of amides is 1. The minimum atomic E-state index is -4.69. The molecule has 0 spiro atoms. The summed E-state index contributed by atoms with van der Waals surface area (Å²) in [5, 5.41) is 3.30. The van der Waals surface area contributed by atoms with Crippen molar-refractivity contribution in [3.05, 3.63) is 46.8 Å². The van der Waals surface area contributed by atoms with Gasteiger partial charge in [0.2, 0.25) is 0 Å². The molecule has 0 atom stereocenters. The van der Waals surface area contributed by atoms with Gasteiger partial charge in [0.05, 0.1) is 23.2 Å². The summed E-state index contributed by atoms with van der Waals surface area (Å²) in [6, 6.07) is 4.53. The number of primary amides is 1. The molecule has 0 bridgehead atoms. The standard InChI is InChI=1S/C26H31F3N4O4/c1-25(2)10-20-23(21(34)11-25)18(26(27,28)29)13-33(20)15-5-8-17(24(31)36)19(9-15)32-14-3-6-16(7-4-14)37-22(35)12-30/h5,8-9,13-14,16,32H,3-4,6-7,10-12,30H2,1-2H3,(H2,31,36)/t14-,16-. The number of esters is 1. The molecule has 1 aromatic heterocycles. The lowest BCUT2D eigenvalue weighted by atomic mass is 9.75. The van der Waals surface area contributed by atoms with E-state index in [2.05, 4.69) is 5.32 Å². The molecule has 2 aliphatic carbocycles. The smallest absolute Gasteiger partial charge is 0.418 e. The van der Waals surface area contributed by atoms with Gasteiger partial charge in [-0.05, 0) is 55.7 Å². The van der Waals surface area contributed by atoms with Gasteiger partial charge in [0, 0.05) is 35.7 Å². The first-order valence-electron chi connectivity index (χ1n) is 12.2. The van der Waals surface area contributed by atoms with Gasteiger partial charge in [-0.3, -0.25) is 14.4 Å². The highest BCUT2D eigenvalue weighted by Gasteiger charge is 2.43. The van der Waals surface area contributed by atoms with E-state index in [1.807, 2.05) is 13.8 Å². The lowest BCUT2D eigenvalue weighted by molar-refractivity contribution is -0.148. The molecule has 1 aromatic carbocycles. The molecule has 2 aliphatic rings. The van der Waals surface area contributed by atoms with Crippen molar-refractivity contribution < 1.29 is 32.3 Å². The fourth-order valence-corrected chi connectivity index (χ4v) is 5.31. The highest BCUT2D eigenvalue weighted by atomic mass is 19.4. The van der Waals surface area contributed by atoms with E-state index in [1.165, 1.54) is 16.7 Å². The summed E-state index contributed by atoms with van der Waals surface area (Å²) in [7, 11) is 0. The van der Waals surface area contributed by atoms with E-state index in [1.54, 1.807) is 6.07 Å². The second-order valence-electron chi connectivity index (χ2n) is 10.6. The molecular formula is C26H31F3N4O4. The van der Waals surface area contributed by atoms with Crippen LogP contribution in [0.4, 0.5) is 18.9 Å². The van der Waals surface area contributed by atoms with Crippen molar-refractivity contribution in [3.8, 4) is 5.69 Å². The monoisotopic (exact) mass is 520 g/mol. The fraction of sp³-hybridized carbons (Fsp3) is 0.500. The number of fused-ring (bicyclic) bond motifs is 1. The predicted molar refractivity (Wildman–Crippen MR) is 131 cm³/mol. The van der Waals surface area contributed by atoms with Gasteiger partial charge in [0.25, 0.3) is 5.91 Å². The third-order valence-corrected chi connectivity index (χ3v) is 7.02. The maximum atomic E-state index is 13.9. The molecule has 1 heterocycles. The van der Waals surface area contributed by atoms with E-state index in [0.29, 0.717) is 42.8 Å². The quantitative estimate of drug-likeness (QED) is 0.494. The Morgan fingerprint density at radius 1 is 1.16 bits per heavy atom. The summed E-state index contributed by atoms with van der Waals surface area (Å²) in [6.45, 7) is 3.51. The van der Waals surface area contributed by atoms with Gasteiger partial charge in [-0.15, -0.1) is 0 Å². The van der Waals surface area contributed by atoms with Gasteiger partial charge in [-0.2, -0.15) is 13.2 Å². The summed E-state index contributed by atoms with van der Waals surface area (Å²) >= 11 is 0. The number of aromatic nitrogens is 1. The summed E-state index contributed by atoms with van der Waals surface area (Å²) in [5.74, 6) is -1.67. The van der Waals surface area contributed by atoms with Gasteiger partial charge >= 0.3 is 12.1 Å². The maximum absolute atomic E-state index is 13.9. The number of hydrogen-bond acceptors (Lipinski definition) is 6. The minimum absolute atomic E-state index is 0.0315. The summed E-state index contributed by atoms with van der Waals surface area (Å²) in [6.07, 6.45) is -1.14. The number of carbonyl (C=O) groups is 3. The number of rotatable bonds is 6. The van der Waals surface area contributed by atoms with Gasteiger partial charge in [0.15, 0.2) is 5.78 Å². The number of hydrogen-bond donors (Lipinski definition) is 3. The summed E-state index contributed by atoms with van der Waals surface area (Å²) in [5.41, 5.74) is 10.4. The van der Waals surface area contributed by atoms with E-state index >= 15 is 0 Å². The first-order valence-corrected chi connectivity index (χ1v) is 12.2. The first kappa shape index (κ1) is 26.7. The number of anilines is 1. The number of benzene rings is 1. The molecule has 11 heteroatoms. The Labute approximate surface area is 212 Å². The average molecular weight is 521 g/mol. The fourth-order valence-electron chi connectivity index (χ4n) is 5.31. The molecule has 1 fully saturated rings. The predicted octanol–water partition coefficient (Wildman–Crippen LogP) is 3.98. The number of Topliss-reactive ketones (excluding diaryl/α,β-unsaturated/α-hetero) is 1. The van der Waals surface area contributed by atoms with E-state index in [-0.39, 0.29) is 42.7 Å². The molecule has 2 aromatic rings. The number of halogens is 3. The summed E-state index contributed by atoms with van der Waals surface area (Å²) < 4.78 is 48.4. The van der Waals surface area contributed by atoms with Crippen LogP contribution in [-0.4, -0.2) is 40.9 Å². The van der Waals surface area contributed by atoms with Gasteiger partial charge in [-0.25, -0.2) is 0 Å². The highest BCUT2D eigenvalue weighted by molar-refractivity contribution is 6.01. The van der Waals surface area contributed by atoms with Gasteiger partial charge in [-0.1, -0.05) is 13.8 Å². The SMILES string of the molecule is CC1(C)CC(=O)c2c(C(F)(F)F)cn(-c3ccc(C(N)=O)c(N[C@H]4CC[C@H](OC(=O)CN)CC4)c3)c2C1. The molecule has 200 valence electrons. The van der Waals surface area contributed by atoms with Crippen molar-refractivity contribution in [1.29, 1.82) is 0 Å². The zero-order chi connectivity index (χ0) is 27.1. The van der Waals surface area contributed by atoms with Crippen LogP contribution in [0.15, 0.2) is 24.4 Å². The molecule has 37 heavy (non-hydrogen) atoms. The Morgan fingerprint density at radius 2 is 1.84 bits per heavy atom. The second kappa shape index (κ2) is 9.85. The third-order valence-electron chi connectivity index (χ3n) is 7.02. The lowest BCUT2D eigenvalue weighted by Gasteiger charge is -2.31. The molecule has 0 aliphatic heterocycles. The van der Waals surface area contributed by atoms with Crippen molar-refractivity contribution in [2.24, 2.45) is 16.9 Å². The number of nitrogens with one attached hydrogen (secondary N) is 1. The van der Waals surface area contributed by atoms with E-state index < -0.39 is 34.8 Å². The molecule has 0 saturated heterocycles. The lowest BCUT2D eigenvalue weighted by Crippen LogP contribution is -2.33. The third kappa shape index (κ3) is 5.66. The van der Waals surface area contributed by atoms with Crippen LogP contribution >= 0.6 is 0 Å². The van der Waals surface area contributed by atoms with E-state index in [4.69, 9.17) is 16.2 Å². The van der Waals surface area contributed by atoms with Crippen LogP contribution in [-0.2, 0) is 22.1 Å². The molecular weight excluding hydrogens is 489 g/mol. The van der Waals surface area contributed by atoms with Crippen molar-refractivity contribution in [2.45, 2.75) is 70.7 Å². The highest BCUT2D eigenvalue weighted by Crippen LogP contribution is 2.43. The van der Waals surface area contributed by atoms with Crippen molar-refractivity contribution in [3.63, 3.8) is 0 Å².